The summed E-state index contributed by atoms with van der Waals surface area (Å²) in [7, 11) is -4.60. The molecule has 0 aromatic heterocycles. The number of phosphoric ester groups is 1. The van der Waals surface area contributed by atoms with E-state index in [1.165, 1.54) is 135 Å². The van der Waals surface area contributed by atoms with Crippen molar-refractivity contribution in [1.82, 2.24) is 0 Å². The normalized spacial score (nSPS) is 13.9. The Hall–Kier alpha value is -1.03. The van der Waals surface area contributed by atoms with Gasteiger partial charge in [0.2, 0.25) is 0 Å². The fourth-order valence-electron chi connectivity index (χ4n) is 6.17. The van der Waals surface area contributed by atoms with Gasteiger partial charge in [-0.2, -0.15) is 0 Å². The summed E-state index contributed by atoms with van der Waals surface area (Å²) in [5.74, 6) is -0.912. The molecule has 1 unspecified atom stereocenters. The number of ether oxygens (including phenoxy) is 2. The second-order valence-corrected chi connectivity index (χ2v) is 16.2. The standard InChI is InChI=1S/C41H81O10P/c1-3-5-7-9-11-13-15-16-17-18-19-20-21-22-23-25-27-29-31-33-41(45)51-39(37-50-52(46,47)49-35-38(43)34-42)36-48-40(44)32-30-28-26-24-14-12-10-8-6-4-2/h38-39,42-43H,3-37H2,1-2H3,(H,46,47)/t38-,39+/m0/s1. The molecule has 10 nitrogen and oxygen atoms in total. The highest BCUT2D eigenvalue weighted by Gasteiger charge is 2.27. The molecule has 0 aliphatic carbocycles. The highest BCUT2D eigenvalue weighted by atomic mass is 31.2. The van der Waals surface area contributed by atoms with Gasteiger partial charge < -0.3 is 24.6 Å². The average molecular weight is 765 g/mol. The fraction of sp³-hybridized carbons (Fsp3) is 0.951. The number of phosphoric acid groups is 1. The average Bonchev–Trinajstić information content (AvgIpc) is 3.13. The van der Waals surface area contributed by atoms with Crippen LogP contribution in [0.15, 0.2) is 0 Å². The number of carbonyl (C=O) groups is 2. The van der Waals surface area contributed by atoms with Crippen LogP contribution in [0.4, 0.5) is 0 Å². The van der Waals surface area contributed by atoms with Crippen LogP contribution in [-0.2, 0) is 32.7 Å². The van der Waals surface area contributed by atoms with E-state index in [0.29, 0.717) is 12.8 Å². The summed E-state index contributed by atoms with van der Waals surface area (Å²) in [6.45, 7) is 2.40. The Morgan fingerprint density at radius 1 is 0.500 bits per heavy atom. The molecular formula is C41H81O10P. The topological polar surface area (TPSA) is 149 Å². The number of unbranched alkanes of at least 4 members (excludes halogenated alkanes) is 27. The summed E-state index contributed by atoms with van der Waals surface area (Å²) in [5.41, 5.74) is 0. The smallest absolute Gasteiger partial charge is 0.462 e. The van der Waals surface area contributed by atoms with Crippen molar-refractivity contribution < 1.29 is 47.8 Å². The van der Waals surface area contributed by atoms with Gasteiger partial charge >= 0.3 is 19.8 Å². The van der Waals surface area contributed by atoms with Gasteiger partial charge in [-0.05, 0) is 12.8 Å². The largest absolute Gasteiger partial charge is 0.472 e. The molecular weight excluding hydrogens is 683 g/mol. The minimum atomic E-state index is -4.60. The summed E-state index contributed by atoms with van der Waals surface area (Å²) in [4.78, 5) is 34.9. The molecule has 3 N–H and O–H groups in total. The monoisotopic (exact) mass is 765 g/mol. The van der Waals surface area contributed by atoms with Crippen LogP contribution >= 0.6 is 7.82 Å². The Kier molecular flexibility index (Phi) is 37.5. The molecule has 0 saturated heterocycles. The van der Waals surface area contributed by atoms with Crippen LogP contribution in [0.2, 0.25) is 0 Å². The number of rotatable bonds is 41. The molecule has 0 aromatic carbocycles. The van der Waals surface area contributed by atoms with Crippen LogP contribution in [0, 0.1) is 0 Å². The van der Waals surface area contributed by atoms with E-state index in [1.54, 1.807) is 0 Å². The predicted octanol–water partition coefficient (Wildman–Crippen LogP) is 11.1. The maximum atomic E-state index is 12.6. The van der Waals surface area contributed by atoms with Gasteiger partial charge in [-0.1, -0.05) is 187 Å². The van der Waals surface area contributed by atoms with Gasteiger partial charge in [0.1, 0.15) is 12.7 Å². The quantitative estimate of drug-likeness (QED) is 0.0312. The first-order valence-electron chi connectivity index (χ1n) is 21.5. The molecule has 0 heterocycles. The summed E-state index contributed by atoms with van der Waals surface area (Å²) in [5, 5.41) is 18.3. The zero-order valence-corrected chi connectivity index (χ0v) is 34.4. The first-order chi connectivity index (χ1) is 25.2. The van der Waals surface area contributed by atoms with Crippen molar-refractivity contribution in [2.75, 3.05) is 26.4 Å². The predicted molar refractivity (Wildman–Crippen MR) is 210 cm³/mol. The molecule has 0 aliphatic heterocycles. The lowest BCUT2D eigenvalue weighted by Crippen LogP contribution is -2.29. The van der Waals surface area contributed by atoms with Gasteiger partial charge in [-0.3, -0.25) is 18.6 Å². The van der Waals surface area contributed by atoms with E-state index >= 15 is 0 Å². The van der Waals surface area contributed by atoms with E-state index in [4.69, 9.17) is 19.1 Å². The third-order valence-corrected chi connectivity index (χ3v) is 10.5. The minimum Gasteiger partial charge on any atom is -0.462 e. The van der Waals surface area contributed by atoms with Crippen molar-refractivity contribution in [2.24, 2.45) is 0 Å². The molecule has 0 saturated carbocycles. The third kappa shape index (κ3) is 37.3. The van der Waals surface area contributed by atoms with Crippen LogP contribution in [0.1, 0.15) is 213 Å². The molecule has 0 amide bonds. The number of esters is 2. The number of aliphatic hydroxyl groups is 2. The highest BCUT2D eigenvalue weighted by molar-refractivity contribution is 7.47. The SMILES string of the molecule is CCCCCCCCCCCCCCCCCCCCCC(=O)O[C@H](COC(=O)CCCCCCCCCCCC)COP(=O)(O)OC[C@@H](O)CO. The Morgan fingerprint density at radius 3 is 1.19 bits per heavy atom. The summed E-state index contributed by atoms with van der Waals surface area (Å²) >= 11 is 0. The molecule has 52 heavy (non-hydrogen) atoms. The van der Waals surface area contributed by atoms with E-state index in [2.05, 4.69) is 18.4 Å². The van der Waals surface area contributed by atoms with Crippen molar-refractivity contribution in [3.8, 4) is 0 Å². The molecule has 3 atom stereocenters. The lowest BCUT2D eigenvalue weighted by atomic mass is 10.0. The zero-order chi connectivity index (χ0) is 38.4. The zero-order valence-electron chi connectivity index (χ0n) is 33.6. The summed E-state index contributed by atoms with van der Waals surface area (Å²) in [6.07, 6.45) is 33.6. The van der Waals surface area contributed by atoms with Crippen molar-refractivity contribution in [3.05, 3.63) is 0 Å². The van der Waals surface area contributed by atoms with Gasteiger partial charge in [-0.25, -0.2) is 4.57 Å². The lowest BCUT2D eigenvalue weighted by molar-refractivity contribution is -0.161. The molecule has 0 fully saturated rings. The van der Waals surface area contributed by atoms with E-state index in [1.807, 2.05) is 0 Å². The van der Waals surface area contributed by atoms with Gasteiger partial charge in [0.15, 0.2) is 6.10 Å². The molecule has 0 radical (unpaired) electrons. The molecule has 310 valence electrons. The Balaban J connectivity index is 4.19. The fourth-order valence-corrected chi connectivity index (χ4v) is 6.96. The Morgan fingerprint density at radius 2 is 0.827 bits per heavy atom. The van der Waals surface area contributed by atoms with Crippen LogP contribution in [0.25, 0.3) is 0 Å². The second-order valence-electron chi connectivity index (χ2n) is 14.7. The molecule has 0 bridgehead atoms. The minimum absolute atomic E-state index is 0.192. The summed E-state index contributed by atoms with van der Waals surface area (Å²) < 4.78 is 32.6. The number of hydrogen-bond donors (Lipinski definition) is 3. The van der Waals surface area contributed by atoms with Crippen molar-refractivity contribution >= 4 is 19.8 Å². The third-order valence-electron chi connectivity index (χ3n) is 9.51. The number of carbonyl (C=O) groups excluding carboxylic acids is 2. The van der Waals surface area contributed by atoms with Crippen LogP contribution in [0.3, 0.4) is 0 Å². The van der Waals surface area contributed by atoms with E-state index < -0.39 is 51.8 Å². The van der Waals surface area contributed by atoms with Crippen molar-refractivity contribution in [2.45, 2.75) is 225 Å². The molecule has 0 aromatic rings. The van der Waals surface area contributed by atoms with Crippen molar-refractivity contribution in [1.29, 1.82) is 0 Å². The lowest BCUT2D eigenvalue weighted by Gasteiger charge is -2.20. The first kappa shape index (κ1) is 51.0. The van der Waals surface area contributed by atoms with Gasteiger partial charge in [0, 0.05) is 12.8 Å². The molecule has 11 heteroatoms. The number of hydrogen-bond acceptors (Lipinski definition) is 9. The number of aliphatic hydroxyl groups excluding tert-OH is 2. The van der Waals surface area contributed by atoms with E-state index in [0.717, 1.165) is 38.5 Å². The Labute approximate surface area is 318 Å². The van der Waals surface area contributed by atoms with Crippen LogP contribution in [0.5, 0.6) is 0 Å². The van der Waals surface area contributed by atoms with Crippen LogP contribution in [-0.4, -0.2) is 65.7 Å². The first-order valence-corrected chi connectivity index (χ1v) is 23.0. The van der Waals surface area contributed by atoms with Crippen LogP contribution < -0.4 is 0 Å². The van der Waals surface area contributed by atoms with E-state index in [9.17, 15) is 24.2 Å². The van der Waals surface area contributed by atoms with Gasteiger partial charge in [-0.15, -0.1) is 0 Å². The van der Waals surface area contributed by atoms with E-state index in [-0.39, 0.29) is 19.4 Å². The maximum Gasteiger partial charge on any atom is 0.472 e. The second kappa shape index (κ2) is 38.3. The molecule has 0 spiro atoms. The molecule has 0 rings (SSSR count). The molecule has 0 aliphatic rings. The highest BCUT2D eigenvalue weighted by Crippen LogP contribution is 2.43. The van der Waals surface area contributed by atoms with Crippen molar-refractivity contribution in [3.63, 3.8) is 0 Å². The maximum absolute atomic E-state index is 12.6. The summed E-state index contributed by atoms with van der Waals surface area (Å²) in [6, 6.07) is 0. The van der Waals surface area contributed by atoms with Gasteiger partial charge in [0.05, 0.1) is 19.8 Å². The Bertz CT molecular complexity index is 842. The van der Waals surface area contributed by atoms with Gasteiger partial charge in [0.25, 0.3) is 0 Å².